The van der Waals surface area contributed by atoms with Crippen LogP contribution in [0.2, 0.25) is 0 Å². The van der Waals surface area contributed by atoms with Crippen LogP contribution in [0, 0.1) is 34.5 Å². The third-order valence-corrected chi connectivity index (χ3v) is 25.6. The summed E-state index contributed by atoms with van der Waals surface area (Å²) in [6.45, 7) is 19.9. The molecule has 0 spiro atoms. The van der Waals surface area contributed by atoms with Gasteiger partial charge in [0.15, 0.2) is 29.8 Å². The van der Waals surface area contributed by atoms with Crippen molar-refractivity contribution in [2.24, 2.45) is 72.5 Å². The van der Waals surface area contributed by atoms with Crippen LogP contribution >= 0.6 is 47.8 Å². The standard InChI is InChI=1S/C24H29N5O.C19H17BrN4O.2C18H19BrN4O.C16H15N5O2/c1-23(2,3)17-9-7-15(8-10-17)20-21(30)28(5)22(25)27-24(20,4)18-11-12-19-16(13-18)14-26-29(19)6;1-19(14-5-3-4-12(10-14)11-21)16(13-6-8-15(20)9-7-13)17(25)24(2)18(22)23-19;2*1-11-16(24)23(3)17(20)22-18(11,2)14-6-4-5-12(7-14)13-8-15(19)10-21-9-13;1-16(5-14(22)21(2)15(18)20-16)13-4-12(9-23-13)11-3-10(6-17)7-19-8-11/h7-14,20H,1-6H3,(H2,25,27);3-10,16H,1-2H3,(H2,22,23);2*4-11H,1-3H3,(H2,20,22);3-4,7-9H,5H2,1-2H3,(H2,18,20)/t20-,24-;16?,19-;11-,18+;11-,18-;16-/m11100/s1. The molecule has 0 saturated carbocycles. The quantitative estimate of drug-likeness (QED) is 0.0849. The van der Waals surface area contributed by atoms with Gasteiger partial charge in [0.25, 0.3) is 0 Å². The van der Waals surface area contributed by atoms with Crippen molar-refractivity contribution < 1.29 is 28.4 Å². The molecule has 5 aliphatic rings. The number of carbonyl (C=O) groups is 5. The first kappa shape index (κ1) is 91.8. The average Bonchev–Trinajstić information content (AvgIpc) is 0.974. The van der Waals surface area contributed by atoms with Crippen molar-refractivity contribution in [2.75, 3.05) is 35.2 Å². The molecule has 5 amide bonds. The summed E-state index contributed by atoms with van der Waals surface area (Å²) in [5.74, 6) is -0.371. The highest BCUT2D eigenvalue weighted by molar-refractivity contribution is 9.11. The molecule has 10 N–H and O–H groups in total. The Hall–Kier alpha value is -13.4. The zero-order valence-corrected chi connectivity index (χ0v) is 77.6. The lowest BCUT2D eigenvalue weighted by molar-refractivity contribution is -0.134. The number of carbonyl (C=O) groups excluding carboxylic acids is 5. The number of aryl methyl sites for hydroxylation is 1. The fraction of sp³-hybridized carbons (Fsp3) is 0.284. The SMILES string of the molecule is CN1C(=O)C(c2ccc(Br)cc2)[C@@](C)(c2cccc(C#N)c2)N=C1N.CN1C(=O)C[C@@](C)(c2cc(-c3cncc(C#N)c3)co2)N=C1N.CN1C(=O)[C@@H](c2ccc(C(C)(C)C)cc2)[C@@](C)(c2ccc3c(cnn3C)c2)N=C1N.C[C@@H]1C(=O)N(C)C(N)=N[C@]1(C)c1cccc(-c2cncc(Br)c2)c1.C[C@H]1C(=O)N(C)C(N)=N[C@]1(C)c1cccc(-c2cncc(Br)c2)c1. The van der Waals surface area contributed by atoms with Crippen LogP contribution in [0.3, 0.4) is 0 Å². The molecule has 16 rings (SSSR count). The lowest BCUT2D eigenvalue weighted by Gasteiger charge is -2.41. The highest BCUT2D eigenvalue weighted by Gasteiger charge is 2.50. The van der Waals surface area contributed by atoms with Gasteiger partial charge in [-0.1, -0.05) is 142 Å². The molecule has 5 aromatic heterocycles. The second kappa shape index (κ2) is 36.4. The van der Waals surface area contributed by atoms with Crippen molar-refractivity contribution in [3.8, 4) is 45.5 Å². The molecule has 11 aromatic rings. The highest BCUT2D eigenvalue weighted by atomic mass is 79.9. The highest BCUT2D eigenvalue weighted by Crippen LogP contribution is 2.48. The van der Waals surface area contributed by atoms with E-state index in [-0.39, 0.29) is 83.0 Å². The normalized spacial score (nSPS) is 22.9. The summed E-state index contributed by atoms with van der Waals surface area (Å²) in [6, 6.07) is 57.0. The van der Waals surface area contributed by atoms with Gasteiger partial charge in [0.1, 0.15) is 28.4 Å². The molecule has 0 fully saturated rings. The zero-order chi connectivity index (χ0) is 91.6. The summed E-state index contributed by atoms with van der Waals surface area (Å²) in [7, 11) is 10.1. The lowest BCUT2D eigenvalue weighted by atomic mass is 9.73. The second-order valence-electron chi connectivity index (χ2n) is 33.6. The van der Waals surface area contributed by atoms with Gasteiger partial charge in [-0.25, -0.2) is 25.0 Å². The monoisotopic (exact) mass is 1880 g/mol. The molecule has 0 radical (unpaired) electrons. The number of nitriles is 2. The van der Waals surface area contributed by atoms with Crippen LogP contribution in [0.1, 0.15) is 143 Å². The number of likely N-dealkylation sites (N-methyl/N-ethyl adjacent to an activating group) is 2. The Labute approximate surface area is 757 Å². The second-order valence-corrected chi connectivity index (χ2v) is 36.4. The molecular formula is C95H99Br3N22O6. The van der Waals surface area contributed by atoms with Gasteiger partial charge in [-0.15, -0.1) is 0 Å². The van der Waals surface area contributed by atoms with Crippen molar-refractivity contribution in [1.82, 2.24) is 49.2 Å². The number of furan rings is 1. The molecule has 0 bridgehead atoms. The Morgan fingerprint density at radius 3 is 1.30 bits per heavy atom. The summed E-state index contributed by atoms with van der Waals surface area (Å²) < 4.78 is 10.2. The molecule has 10 heterocycles. The van der Waals surface area contributed by atoms with E-state index in [1.54, 1.807) is 97.3 Å². The van der Waals surface area contributed by atoms with Crippen LogP contribution < -0.4 is 28.7 Å². The molecule has 28 nitrogen and oxygen atoms in total. The first-order chi connectivity index (χ1) is 59.5. The van der Waals surface area contributed by atoms with Crippen LogP contribution in [-0.2, 0) is 64.1 Å². The summed E-state index contributed by atoms with van der Waals surface area (Å²) in [5.41, 5.74) is 40.2. The predicted molar refractivity (Wildman–Crippen MR) is 500 cm³/mol. The minimum atomic E-state index is -0.894. The number of hydrogen-bond acceptors (Lipinski definition) is 22. The van der Waals surface area contributed by atoms with Gasteiger partial charge in [0.2, 0.25) is 29.5 Å². The maximum atomic E-state index is 13.4. The number of guanidine groups is 5. The van der Waals surface area contributed by atoms with Crippen molar-refractivity contribution in [3.05, 3.63) is 283 Å². The van der Waals surface area contributed by atoms with E-state index in [4.69, 9.17) is 43.3 Å². The van der Waals surface area contributed by atoms with Crippen LogP contribution in [0.25, 0.3) is 44.3 Å². The van der Waals surface area contributed by atoms with E-state index < -0.39 is 39.5 Å². The van der Waals surface area contributed by atoms with Gasteiger partial charge in [-0.05, 0) is 195 Å². The van der Waals surface area contributed by atoms with Crippen molar-refractivity contribution >= 4 is 118 Å². The summed E-state index contributed by atoms with van der Waals surface area (Å²) >= 11 is 10.3. The smallest absolute Gasteiger partial charge is 0.239 e. The Balaban J connectivity index is 0.000000144. The van der Waals surface area contributed by atoms with Crippen LogP contribution in [0.15, 0.2) is 256 Å². The van der Waals surface area contributed by atoms with E-state index in [2.05, 4.69) is 157 Å². The topological polar surface area (TPSA) is 411 Å². The van der Waals surface area contributed by atoms with Gasteiger partial charge >= 0.3 is 0 Å². The van der Waals surface area contributed by atoms with E-state index in [0.29, 0.717) is 16.9 Å². The van der Waals surface area contributed by atoms with Gasteiger partial charge in [0.05, 0.1) is 76.3 Å². The number of amides is 5. The Kier molecular flexibility index (Phi) is 26.6. The number of pyridine rings is 3. The molecule has 1 unspecified atom stereocenters. The van der Waals surface area contributed by atoms with Crippen LogP contribution in [-0.4, -0.2) is 144 Å². The number of nitrogens with zero attached hydrogens (tertiary/aromatic N) is 17. The number of aromatic nitrogens is 5. The maximum Gasteiger partial charge on any atom is 0.239 e. The van der Waals surface area contributed by atoms with Crippen LogP contribution in [0.4, 0.5) is 0 Å². The molecule has 5 aliphatic heterocycles. The molecular weight excluding hydrogens is 1780 g/mol. The number of rotatable bonds is 10. The van der Waals surface area contributed by atoms with E-state index >= 15 is 0 Å². The predicted octanol–water partition coefficient (Wildman–Crippen LogP) is 14.7. The molecule has 126 heavy (non-hydrogen) atoms. The summed E-state index contributed by atoms with van der Waals surface area (Å²) in [4.78, 5) is 106. The van der Waals surface area contributed by atoms with Gasteiger partial charge in [-0.2, -0.15) is 15.6 Å². The number of benzene rings is 6. The number of nitrogens with two attached hydrogens (primary N) is 5. The average molecular weight is 1880 g/mol. The van der Waals surface area contributed by atoms with Crippen molar-refractivity contribution in [1.29, 1.82) is 10.5 Å². The van der Waals surface area contributed by atoms with Crippen molar-refractivity contribution in [3.63, 3.8) is 0 Å². The third kappa shape index (κ3) is 18.6. The molecule has 6 aromatic carbocycles. The Bertz CT molecular complexity index is 6180. The van der Waals surface area contributed by atoms with Gasteiger partial charge < -0.3 is 33.1 Å². The van der Waals surface area contributed by atoms with Gasteiger partial charge in [-0.3, -0.25) is 68.1 Å². The third-order valence-electron chi connectivity index (χ3n) is 24.2. The van der Waals surface area contributed by atoms with E-state index in [1.165, 1.54) is 36.3 Å². The Morgan fingerprint density at radius 1 is 0.421 bits per heavy atom. The number of halogens is 3. The van der Waals surface area contributed by atoms with Crippen molar-refractivity contribution in [2.45, 2.75) is 121 Å². The lowest BCUT2D eigenvalue weighted by Crippen LogP contribution is -2.52. The van der Waals surface area contributed by atoms with E-state index in [0.717, 1.165) is 91.1 Å². The molecule has 9 atom stereocenters. The first-order valence-corrected chi connectivity index (χ1v) is 42.6. The summed E-state index contributed by atoms with van der Waals surface area (Å²) in [5, 5.41) is 23.5. The molecule has 646 valence electrons. The Morgan fingerprint density at radius 2 is 0.841 bits per heavy atom. The fourth-order valence-electron chi connectivity index (χ4n) is 15.8. The largest absolute Gasteiger partial charge is 0.466 e. The molecule has 0 saturated heterocycles. The molecule has 31 heteroatoms. The number of fused-ring (bicyclic) bond motifs is 1. The van der Waals surface area contributed by atoms with Gasteiger partial charge in [0, 0.05) is 121 Å². The molecule has 0 aliphatic carbocycles. The number of aliphatic imine (C=N–C) groups is 5. The zero-order valence-electron chi connectivity index (χ0n) is 72.8. The summed E-state index contributed by atoms with van der Waals surface area (Å²) in [6.07, 6.45) is 13.8. The fourth-order valence-corrected chi connectivity index (χ4v) is 16.8. The van der Waals surface area contributed by atoms with Crippen LogP contribution in [0.5, 0.6) is 0 Å². The van der Waals surface area contributed by atoms with E-state index in [9.17, 15) is 29.2 Å². The number of hydrogen-bond donors (Lipinski definition) is 5. The van der Waals surface area contributed by atoms with E-state index in [1.807, 2.05) is 169 Å². The minimum absolute atomic E-state index is 0.0282. The maximum absolute atomic E-state index is 13.4. The first-order valence-electron chi connectivity index (χ1n) is 40.3. The minimum Gasteiger partial charge on any atom is -0.466 e.